The van der Waals surface area contributed by atoms with E-state index in [9.17, 15) is 22.8 Å². The maximum atomic E-state index is 12.9. The second kappa shape index (κ2) is 11.0. The molecule has 0 aromatic heterocycles. The molecular formula is C22H21ClF3NO6. The Balaban J connectivity index is 2.08. The highest BCUT2D eigenvalue weighted by atomic mass is 35.5. The zero-order valence-electron chi connectivity index (χ0n) is 18.1. The lowest BCUT2D eigenvalue weighted by Crippen LogP contribution is -2.29. The Morgan fingerprint density at radius 3 is 2.15 bits per heavy atom. The number of benzene rings is 2. The van der Waals surface area contributed by atoms with E-state index in [0.29, 0.717) is 28.9 Å². The Bertz CT molecular complexity index is 1030. The Morgan fingerprint density at radius 1 is 1.03 bits per heavy atom. The van der Waals surface area contributed by atoms with Crippen molar-refractivity contribution in [2.24, 2.45) is 0 Å². The molecule has 11 heteroatoms. The number of nitrogens with one attached hydrogen (secondary N) is 1. The number of alkyl halides is 3. The summed E-state index contributed by atoms with van der Waals surface area (Å²) in [7, 11) is 4.33. The zero-order chi connectivity index (χ0) is 24.8. The van der Waals surface area contributed by atoms with E-state index in [0.717, 1.165) is 18.2 Å². The van der Waals surface area contributed by atoms with Crippen LogP contribution in [0.4, 0.5) is 18.9 Å². The highest BCUT2D eigenvalue weighted by Gasteiger charge is 2.31. The Labute approximate surface area is 193 Å². The minimum atomic E-state index is -4.61. The average molecular weight is 488 g/mol. The van der Waals surface area contributed by atoms with Crippen molar-refractivity contribution in [1.29, 1.82) is 0 Å². The van der Waals surface area contributed by atoms with E-state index in [4.69, 9.17) is 30.5 Å². The third-order valence-electron chi connectivity index (χ3n) is 4.31. The summed E-state index contributed by atoms with van der Waals surface area (Å²) in [5.41, 5.74) is -0.721. The van der Waals surface area contributed by atoms with Gasteiger partial charge in [0.15, 0.2) is 17.6 Å². The first-order valence-corrected chi connectivity index (χ1v) is 9.74. The van der Waals surface area contributed by atoms with Crippen LogP contribution in [0.15, 0.2) is 36.4 Å². The maximum absolute atomic E-state index is 12.9. The lowest BCUT2D eigenvalue weighted by atomic mass is 10.1. The van der Waals surface area contributed by atoms with E-state index in [1.165, 1.54) is 34.3 Å². The molecule has 0 aliphatic carbocycles. The van der Waals surface area contributed by atoms with Crippen molar-refractivity contribution < 1.29 is 41.7 Å². The molecule has 0 spiro atoms. The summed E-state index contributed by atoms with van der Waals surface area (Å²) in [6, 6.07) is 5.68. The normalized spacial score (nSPS) is 12.2. The van der Waals surface area contributed by atoms with Crippen LogP contribution in [0.5, 0.6) is 17.2 Å². The van der Waals surface area contributed by atoms with Gasteiger partial charge in [0.05, 0.1) is 37.6 Å². The summed E-state index contributed by atoms with van der Waals surface area (Å²) in [4.78, 5) is 24.4. The molecule has 0 saturated carbocycles. The Hall–Kier alpha value is -3.40. The van der Waals surface area contributed by atoms with Crippen molar-refractivity contribution in [3.8, 4) is 17.2 Å². The molecule has 0 aliphatic rings. The molecule has 0 saturated heterocycles. The summed E-state index contributed by atoms with van der Waals surface area (Å²) < 4.78 is 59.3. The van der Waals surface area contributed by atoms with Crippen LogP contribution >= 0.6 is 11.6 Å². The fourth-order valence-corrected chi connectivity index (χ4v) is 2.83. The third kappa shape index (κ3) is 6.79. The molecule has 178 valence electrons. The van der Waals surface area contributed by atoms with Crippen molar-refractivity contribution in [2.45, 2.75) is 19.2 Å². The van der Waals surface area contributed by atoms with Gasteiger partial charge in [-0.2, -0.15) is 13.2 Å². The van der Waals surface area contributed by atoms with Crippen molar-refractivity contribution in [1.82, 2.24) is 0 Å². The van der Waals surface area contributed by atoms with E-state index < -0.39 is 29.7 Å². The van der Waals surface area contributed by atoms with Crippen molar-refractivity contribution in [2.75, 3.05) is 26.6 Å². The number of hydrogen-bond donors (Lipinski definition) is 1. The quantitative estimate of drug-likeness (QED) is 0.418. The lowest BCUT2D eigenvalue weighted by molar-refractivity contribution is -0.148. The number of halogens is 4. The van der Waals surface area contributed by atoms with E-state index >= 15 is 0 Å². The van der Waals surface area contributed by atoms with E-state index in [1.807, 2.05) is 0 Å². The smallest absolute Gasteiger partial charge is 0.416 e. The van der Waals surface area contributed by atoms with Crippen molar-refractivity contribution >= 4 is 35.2 Å². The van der Waals surface area contributed by atoms with Crippen LogP contribution in [0.3, 0.4) is 0 Å². The fraction of sp³-hybridized carbons (Fsp3) is 0.273. The largest absolute Gasteiger partial charge is 0.493 e. The molecule has 1 unspecified atom stereocenters. The zero-order valence-corrected chi connectivity index (χ0v) is 18.8. The van der Waals surface area contributed by atoms with Gasteiger partial charge < -0.3 is 24.3 Å². The van der Waals surface area contributed by atoms with Gasteiger partial charge in [-0.15, -0.1) is 0 Å². The van der Waals surface area contributed by atoms with Gasteiger partial charge in [-0.3, -0.25) is 4.79 Å². The molecule has 0 heterocycles. The van der Waals surface area contributed by atoms with E-state index in [2.05, 4.69) is 5.32 Å². The summed E-state index contributed by atoms with van der Waals surface area (Å²) in [6.07, 6.45) is -3.45. The standard InChI is InChI=1S/C22H21ClF3NO6/c1-12(21(29)27-16-11-14(22(24,25)26)6-7-15(16)23)33-19(28)8-5-13-9-17(30-2)20(32-4)18(10-13)31-3/h5-12H,1-4H3,(H,27,29)/b8-5+. The molecule has 0 bridgehead atoms. The second-order valence-corrected chi connectivity index (χ2v) is 6.96. The summed E-state index contributed by atoms with van der Waals surface area (Å²) in [5, 5.41) is 2.13. The highest BCUT2D eigenvalue weighted by Crippen LogP contribution is 2.38. The molecule has 7 nitrogen and oxygen atoms in total. The molecule has 1 atom stereocenters. The SMILES string of the molecule is COc1cc(/C=C/C(=O)OC(C)C(=O)Nc2cc(C(F)(F)F)ccc2Cl)cc(OC)c1OC. The number of esters is 1. The summed E-state index contributed by atoms with van der Waals surface area (Å²) in [5.74, 6) is -0.600. The molecule has 33 heavy (non-hydrogen) atoms. The number of rotatable bonds is 8. The molecule has 2 rings (SSSR count). The Kier molecular flexibility index (Phi) is 8.58. The second-order valence-electron chi connectivity index (χ2n) is 6.55. The number of anilines is 1. The first-order valence-electron chi connectivity index (χ1n) is 9.36. The van der Waals surface area contributed by atoms with Crippen molar-refractivity contribution in [3.05, 3.63) is 52.6 Å². The summed E-state index contributed by atoms with van der Waals surface area (Å²) >= 11 is 5.86. The number of amides is 1. The Morgan fingerprint density at radius 2 is 1.64 bits per heavy atom. The van der Waals surface area contributed by atoms with Gasteiger partial charge in [0.25, 0.3) is 5.91 Å². The van der Waals surface area contributed by atoms with Gasteiger partial charge in [-0.05, 0) is 48.9 Å². The predicted octanol–water partition coefficient (Wildman–Crippen LogP) is 4.97. The molecular weight excluding hydrogens is 467 g/mol. The number of ether oxygens (including phenoxy) is 4. The molecule has 1 amide bonds. The molecule has 0 fully saturated rings. The lowest BCUT2D eigenvalue weighted by Gasteiger charge is -2.15. The number of methoxy groups -OCH3 is 3. The molecule has 2 aromatic carbocycles. The van der Waals surface area contributed by atoms with Crippen LogP contribution in [0, 0.1) is 0 Å². The van der Waals surface area contributed by atoms with Crippen LogP contribution in [-0.2, 0) is 20.5 Å². The minimum absolute atomic E-state index is 0.0998. The summed E-state index contributed by atoms with van der Waals surface area (Å²) in [6.45, 7) is 1.27. The van der Waals surface area contributed by atoms with Gasteiger partial charge in [0, 0.05) is 6.08 Å². The molecule has 1 N–H and O–H groups in total. The fourth-order valence-electron chi connectivity index (χ4n) is 2.66. The van der Waals surface area contributed by atoms with Crippen LogP contribution in [0.25, 0.3) is 6.08 Å². The monoisotopic (exact) mass is 487 g/mol. The van der Waals surface area contributed by atoms with Crippen LogP contribution in [-0.4, -0.2) is 39.3 Å². The molecule has 0 aliphatic heterocycles. The number of hydrogen-bond acceptors (Lipinski definition) is 6. The minimum Gasteiger partial charge on any atom is -0.493 e. The average Bonchev–Trinajstić information content (AvgIpc) is 2.77. The van der Waals surface area contributed by atoms with Gasteiger partial charge in [0.2, 0.25) is 5.75 Å². The molecule has 0 radical (unpaired) electrons. The molecule has 2 aromatic rings. The van der Waals surface area contributed by atoms with E-state index in [-0.39, 0.29) is 10.7 Å². The van der Waals surface area contributed by atoms with E-state index in [1.54, 1.807) is 12.1 Å². The van der Waals surface area contributed by atoms with Crippen LogP contribution < -0.4 is 19.5 Å². The van der Waals surface area contributed by atoms with Crippen molar-refractivity contribution in [3.63, 3.8) is 0 Å². The maximum Gasteiger partial charge on any atom is 0.416 e. The topological polar surface area (TPSA) is 83.1 Å². The highest BCUT2D eigenvalue weighted by molar-refractivity contribution is 6.33. The van der Waals surface area contributed by atoms with Gasteiger partial charge >= 0.3 is 12.1 Å². The van der Waals surface area contributed by atoms with Crippen LogP contribution in [0.2, 0.25) is 5.02 Å². The third-order valence-corrected chi connectivity index (χ3v) is 4.64. The predicted molar refractivity (Wildman–Crippen MR) is 116 cm³/mol. The van der Waals surface area contributed by atoms with Gasteiger partial charge in [0.1, 0.15) is 0 Å². The number of carbonyl (C=O) groups excluding carboxylic acids is 2. The van der Waals surface area contributed by atoms with Gasteiger partial charge in [-0.1, -0.05) is 11.6 Å². The first-order chi connectivity index (χ1) is 15.5. The van der Waals surface area contributed by atoms with Crippen LogP contribution in [0.1, 0.15) is 18.1 Å². The van der Waals surface area contributed by atoms with Gasteiger partial charge in [-0.25, -0.2) is 4.79 Å². The first kappa shape index (κ1) is 25.9. The number of carbonyl (C=O) groups is 2.